The molecule has 2 heterocycles. The number of aromatic nitrogens is 3. The average molecular weight is 188 g/mol. The standard InChI is InChI=1S/C10H12N4/c1-3-7-4-6(2)8-9(14-7)10(11)13-5-12-8/h4-5H,3H2,1-2H3,(H2,11,12,13). The number of hydrogen-bond acceptors (Lipinski definition) is 4. The van der Waals surface area contributed by atoms with E-state index in [-0.39, 0.29) is 0 Å². The fourth-order valence-electron chi connectivity index (χ4n) is 1.47. The lowest BCUT2D eigenvalue weighted by Crippen LogP contribution is -1.99. The Bertz CT molecular complexity index is 479. The first kappa shape index (κ1) is 8.87. The van der Waals surface area contributed by atoms with Crippen molar-refractivity contribution in [3.63, 3.8) is 0 Å². The zero-order chi connectivity index (χ0) is 10.1. The van der Waals surface area contributed by atoms with Gasteiger partial charge >= 0.3 is 0 Å². The Kier molecular flexibility index (Phi) is 2.04. The first-order valence-corrected chi connectivity index (χ1v) is 4.59. The van der Waals surface area contributed by atoms with Crippen LogP contribution in [-0.2, 0) is 6.42 Å². The molecule has 72 valence electrons. The summed E-state index contributed by atoms with van der Waals surface area (Å²) in [4.78, 5) is 12.5. The van der Waals surface area contributed by atoms with Crippen LogP contribution in [0.5, 0.6) is 0 Å². The molecule has 2 rings (SSSR count). The van der Waals surface area contributed by atoms with E-state index < -0.39 is 0 Å². The van der Waals surface area contributed by atoms with Crippen LogP contribution in [0, 0.1) is 6.92 Å². The van der Waals surface area contributed by atoms with E-state index in [2.05, 4.69) is 21.9 Å². The topological polar surface area (TPSA) is 64.7 Å². The highest BCUT2D eigenvalue weighted by atomic mass is 14.9. The van der Waals surface area contributed by atoms with E-state index in [4.69, 9.17) is 5.73 Å². The number of fused-ring (bicyclic) bond motifs is 1. The highest BCUT2D eigenvalue weighted by molar-refractivity contribution is 5.86. The summed E-state index contributed by atoms with van der Waals surface area (Å²) in [7, 11) is 0. The molecule has 0 aromatic carbocycles. The molecule has 0 saturated carbocycles. The second kappa shape index (κ2) is 3.21. The Balaban J connectivity index is 2.83. The Morgan fingerprint density at radius 3 is 2.79 bits per heavy atom. The number of nitrogens with zero attached hydrogens (tertiary/aromatic N) is 3. The summed E-state index contributed by atoms with van der Waals surface area (Å²) in [5.41, 5.74) is 9.41. The summed E-state index contributed by atoms with van der Waals surface area (Å²) in [6.45, 7) is 4.07. The summed E-state index contributed by atoms with van der Waals surface area (Å²) < 4.78 is 0. The number of nitrogen functional groups attached to an aromatic ring is 1. The molecule has 0 aliphatic heterocycles. The minimum atomic E-state index is 0.452. The van der Waals surface area contributed by atoms with Gasteiger partial charge in [0.15, 0.2) is 5.82 Å². The molecule has 0 fully saturated rings. The van der Waals surface area contributed by atoms with Crippen LogP contribution in [0.3, 0.4) is 0 Å². The third-order valence-electron chi connectivity index (χ3n) is 2.22. The lowest BCUT2D eigenvalue weighted by atomic mass is 10.1. The molecular formula is C10H12N4. The van der Waals surface area contributed by atoms with Gasteiger partial charge in [0.2, 0.25) is 0 Å². The van der Waals surface area contributed by atoms with Gasteiger partial charge in [0.05, 0.1) is 5.52 Å². The van der Waals surface area contributed by atoms with Crippen molar-refractivity contribution in [2.75, 3.05) is 5.73 Å². The molecule has 2 aromatic heterocycles. The monoisotopic (exact) mass is 188 g/mol. The molecule has 0 saturated heterocycles. The molecule has 0 amide bonds. The Morgan fingerprint density at radius 1 is 1.29 bits per heavy atom. The van der Waals surface area contributed by atoms with E-state index in [1.165, 1.54) is 6.33 Å². The quantitative estimate of drug-likeness (QED) is 0.736. The van der Waals surface area contributed by atoms with E-state index in [0.29, 0.717) is 11.3 Å². The maximum atomic E-state index is 5.74. The van der Waals surface area contributed by atoms with Gasteiger partial charge in [0.1, 0.15) is 11.8 Å². The van der Waals surface area contributed by atoms with E-state index in [0.717, 1.165) is 23.2 Å². The fourth-order valence-corrected chi connectivity index (χ4v) is 1.47. The van der Waals surface area contributed by atoms with E-state index in [9.17, 15) is 0 Å². The van der Waals surface area contributed by atoms with Crippen LogP contribution in [-0.4, -0.2) is 15.0 Å². The molecule has 0 spiro atoms. The van der Waals surface area contributed by atoms with Gasteiger partial charge in [-0.25, -0.2) is 15.0 Å². The van der Waals surface area contributed by atoms with Gasteiger partial charge < -0.3 is 5.73 Å². The second-order valence-electron chi connectivity index (χ2n) is 3.24. The molecule has 4 heteroatoms. The van der Waals surface area contributed by atoms with Gasteiger partial charge in [-0.3, -0.25) is 0 Å². The van der Waals surface area contributed by atoms with Crippen molar-refractivity contribution in [3.05, 3.63) is 23.7 Å². The molecule has 2 aromatic rings. The number of pyridine rings is 1. The Morgan fingerprint density at radius 2 is 2.07 bits per heavy atom. The molecular weight excluding hydrogens is 176 g/mol. The Labute approximate surface area is 82.2 Å². The van der Waals surface area contributed by atoms with Crippen LogP contribution in [0.2, 0.25) is 0 Å². The fraction of sp³-hybridized carbons (Fsp3) is 0.300. The van der Waals surface area contributed by atoms with Crippen molar-refractivity contribution in [1.29, 1.82) is 0 Å². The van der Waals surface area contributed by atoms with Crippen LogP contribution in [0.1, 0.15) is 18.2 Å². The minimum Gasteiger partial charge on any atom is -0.382 e. The van der Waals surface area contributed by atoms with Gasteiger partial charge in [0, 0.05) is 5.69 Å². The number of nitrogens with two attached hydrogens (primary N) is 1. The summed E-state index contributed by atoms with van der Waals surface area (Å²) in [6, 6.07) is 2.04. The molecule has 0 aliphatic rings. The van der Waals surface area contributed by atoms with Crippen molar-refractivity contribution < 1.29 is 0 Å². The van der Waals surface area contributed by atoms with Crippen molar-refractivity contribution in [3.8, 4) is 0 Å². The van der Waals surface area contributed by atoms with Crippen molar-refractivity contribution >= 4 is 16.9 Å². The predicted octanol–water partition coefficient (Wildman–Crippen LogP) is 1.48. The molecule has 4 nitrogen and oxygen atoms in total. The third-order valence-corrected chi connectivity index (χ3v) is 2.22. The number of hydrogen-bond donors (Lipinski definition) is 1. The highest BCUT2D eigenvalue weighted by Crippen LogP contribution is 2.18. The first-order valence-electron chi connectivity index (χ1n) is 4.59. The maximum Gasteiger partial charge on any atom is 0.153 e. The normalized spacial score (nSPS) is 10.7. The van der Waals surface area contributed by atoms with Crippen LogP contribution in [0.4, 0.5) is 5.82 Å². The van der Waals surface area contributed by atoms with E-state index >= 15 is 0 Å². The largest absolute Gasteiger partial charge is 0.382 e. The smallest absolute Gasteiger partial charge is 0.153 e. The second-order valence-corrected chi connectivity index (χ2v) is 3.24. The van der Waals surface area contributed by atoms with Crippen LogP contribution >= 0.6 is 0 Å². The zero-order valence-corrected chi connectivity index (χ0v) is 8.28. The lowest BCUT2D eigenvalue weighted by Gasteiger charge is -2.04. The number of aryl methyl sites for hydroxylation is 2. The molecule has 0 atom stereocenters. The minimum absolute atomic E-state index is 0.452. The average Bonchev–Trinajstić information content (AvgIpc) is 2.19. The zero-order valence-electron chi connectivity index (χ0n) is 8.28. The van der Waals surface area contributed by atoms with Gasteiger partial charge in [0.25, 0.3) is 0 Å². The SMILES string of the molecule is CCc1cc(C)c2ncnc(N)c2n1. The summed E-state index contributed by atoms with van der Waals surface area (Å²) in [5.74, 6) is 0.452. The maximum absolute atomic E-state index is 5.74. The number of anilines is 1. The third kappa shape index (κ3) is 1.28. The van der Waals surface area contributed by atoms with Gasteiger partial charge in [-0.2, -0.15) is 0 Å². The molecule has 0 radical (unpaired) electrons. The summed E-state index contributed by atoms with van der Waals surface area (Å²) in [5, 5.41) is 0. The van der Waals surface area contributed by atoms with Crippen LogP contribution in [0.15, 0.2) is 12.4 Å². The van der Waals surface area contributed by atoms with Crippen molar-refractivity contribution in [1.82, 2.24) is 15.0 Å². The van der Waals surface area contributed by atoms with Crippen LogP contribution in [0.25, 0.3) is 11.0 Å². The van der Waals surface area contributed by atoms with Crippen molar-refractivity contribution in [2.45, 2.75) is 20.3 Å². The molecule has 14 heavy (non-hydrogen) atoms. The van der Waals surface area contributed by atoms with Gasteiger partial charge in [-0.15, -0.1) is 0 Å². The van der Waals surface area contributed by atoms with Crippen molar-refractivity contribution in [2.24, 2.45) is 0 Å². The molecule has 0 bridgehead atoms. The molecule has 2 N–H and O–H groups in total. The summed E-state index contributed by atoms with van der Waals surface area (Å²) >= 11 is 0. The number of rotatable bonds is 1. The highest BCUT2D eigenvalue weighted by Gasteiger charge is 2.05. The lowest BCUT2D eigenvalue weighted by molar-refractivity contribution is 1.04. The summed E-state index contributed by atoms with van der Waals surface area (Å²) in [6.07, 6.45) is 2.36. The predicted molar refractivity (Wildman–Crippen MR) is 55.9 cm³/mol. The molecule has 0 unspecified atom stereocenters. The van der Waals surface area contributed by atoms with E-state index in [1.807, 2.05) is 13.0 Å². The Hall–Kier alpha value is -1.71. The molecule has 0 aliphatic carbocycles. The van der Waals surface area contributed by atoms with Gasteiger partial charge in [-0.05, 0) is 25.0 Å². The van der Waals surface area contributed by atoms with Crippen LogP contribution < -0.4 is 5.73 Å². The van der Waals surface area contributed by atoms with Gasteiger partial charge in [-0.1, -0.05) is 6.92 Å². The first-order chi connectivity index (χ1) is 6.72. The van der Waals surface area contributed by atoms with E-state index in [1.54, 1.807) is 0 Å².